The Morgan fingerprint density at radius 1 is 0.935 bits per heavy atom. The van der Waals surface area contributed by atoms with Gasteiger partial charge in [0.05, 0.1) is 16.8 Å². The summed E-state index contributed by atoms with van der Waals surface area (Å²) in [7, 11) is 0. The van der Waals surface area contributed by atoms with Crippen molar-refractivity contribution in [2.45, 2.75) is 20.0 Å². The normalized spacial score (nSPS) is 11.8. The summed E-state index contributed by atoms with van der Waals surface area (Å²) in [4.78, 5) is 30.6. The van der Waals surface area contributed by atoms with Gasteiger partial charge in [0.15, 0.2) is 6.10 Å². The van der Waals surface area contributed by atoms with Crippen LogP contribution >= 0.6 is 15.9 Å². The maximum atomic E-state index is 13.1. The second-order valence-electron chi connectivity index (χ2n) is 7.36. The summed E-state index contributed by atoms with van der Waals surface area (Å²) in [6.07, 6.45) is -0.911. The van der Waals surface area contributed by atoms with Crippen LogP contribution in [0.15, 0.2) is 83.3 Å². The first-order valence-electron chi connectivity index (χ1n) is 9.90. The number of carbonyl (C=O) groups excluding carboxylic acids is 2. The first-order chi connectivity index (χ1) is 14.9. The third-order valence-corrected chi connectivity index (χ3v) is 5.54. The minimum atomic E-state index is -0.911. The summed E-state index contributed by atoms with van der Waals surface area (Å²) in [6, 6.07) is 24.1. The quantitative estimate of drug-likeness (QED) is 0.248. The Hall–Kier alpha value is -3.31. The summed E-state index contributed by atoms with van der Waals surface area (Å²) < 4.78 is 6.42. The third-order valence-electron chi connectivity index (χ3n) is 5.05. The SMILES string of the molecule is Cc1ccc(C(=O)[C@@H](C)OC(=O)c2cc(-c3ccccc3)nc3ccc(Br)cc23)cc1. The van der Waals surface area contributed by atoms with E-state index in [2.05, 4.69) is 15.9 Å². The van der Waals surface area contributed by atoms with Gasteiger partial charge >= 0.3 is 5.97 Å². The lowest BCUT2D eigenvalue weighted by Gasteiger charge is -2.15. The molecule has 0 aliphatic rings. The van der Waals surface area contributed by atoms with E-state index in [-0.39, 0.29) is 5.78 Å². The summed E-state index contributed by atoms with van der Waals surface area (Å²) in [5.74, 6) is -0.799. The largest absolute Gasteiger partial charge is 0.451 e. The van der Waals surface area contributed by atoms with Crippen LogP contribution in [0.4, 0.5) is 0 Å². The Balaban J connectivity index is 1.70. The molecule has 4 nitrogen and oxygen atoms in total. The fourth-order valence-electron chi connectivity index (χ4n) is 3.35. The molecule has 3 aromatic carbocycles. The van der Waals surface area contributed by atoms with E-state index in [4.69, 9.17) is 9.72 Å². The van der Waals surface area contributed by atoms with Gasteiger partial charge in [-0.25, -0.2) is 9.78 Å². The molecule has 5 heteroatoms. The zero-order valence-electron chi connectivity index (χ0n) is 17.1. The van der Waals surface area contributed by atoms with Crippen LogP contribution in [0.1, 0.15) is 33.2 Å². The highest BCUT2D eigenvalue weighted by Crippen LogP contribution is 2.28. The van der Waals surface area contributed by atoms with Crippen LogP contribution in [0.3, 0.4) is 0 Å². The van der Waals surface area contributed by atoms with Crippen molar-refractivity contribution in [1.82, 2.24) is 4.98 Å². The van der Waals surface area contributed by atoms with Crippen molar-refractivity contribution in [1.29, 1.82) is 0 Å². The number of hydrogen-bond acceptors (Lipinski definition) is 4. The van der Waals surface area contributed by atoms with E-state index in [9.17, 15) is 9.59 Å². The van der Waals surface area contributed by atoms with Crippen LogP contribution in [-0.2, 0) is 4.74 Å². The van der Waals surface area contributed by atoms with Gasteiger partial charge in [-0.1, -0.05) is 76.1 Å². The van der Waals surface area contributed by atoms with E-state index in [1.807, 2.05) is 67.6 Å². The molecule has 0 spiro atoms. The molecule has 0 bridgehead atoms. The number of rotatable bonds is 5. The van der Waals surface area contributed by atoms with Gasteiger partial charge in [-0.2, -0.15) is 0 Å². The number of esters is 1. The number of halogens is 1. The van der Waals surface area contributed by atoms with Crippen LogP contribution in [0.5, 0.6) is 0 Å². The van der Waals surface area contributed by atoms with Gasteiger partial charge in [-0.05, 0) is 38.1 Å². The topological polar surface area (TPSA) is 56.3 Å². The summed E-state index contributed by atoms with van der Waals surface area (Å²) in [5, 5.41) is 0.661. The van der Waals surface area contributed by atoms with Crippen molar-refractivity contribution < 1.29 is 14.3 Å². The van der Waals surface area contributed by atoms with Crippen molar-refractivity contribution in [3.63, 3.8) is 0 Å². The molecule has 0 radical (unpaired) electrons. The highest BCUT2D eigenvalue weighted by Gasteiger charge is 2.23. The van der Waals surface area contributed by atoms with Gasteiger partial charge in [0, 0.05) is 21.0 Å². The average molecular weight is 474 g/mol. The van der Waals surface area contributed by atoms with Gasteiger partial charge in [0.25, 0.3) is 0 Å². The second-order valence-corrected chi connectivity index (χ2v) is 8.28. The number of nitrogens with zero attached hydrogens (tertiary/aromatic N) is 1. The van der Waals surface area contributed by atoms with E-state index in [1.54, 1.807) is 25.1 Å². The Kier molecular flexibility index (Phi) is 5.96. The van der Waals surface area contributed by atoms with Gasteiger partial charge in [0.1, 0.15) is 0 Å². The molecule has 0 unspecified atom stereocenters. The first-order valence-corrected chi connectivity index (χ1v) is 10.7. The molecule has 0 aliphatic carbocycles. The Labute approximate surface area is 189 Å². The lowest BCUT2D eigenvalue weighted by atomic mass is 10.0. The molecule has 0 saturated carbocycles. The summed E-state index contributed by atoms with van der Waals surface area (Å²) in [6.45, 7) is 3.55. The highest BCUT2D eigenvalue weighted by molar-refractivity contribution is 9.10. The minimum absolute atomic E-state index is 0.240. The number of benzene rings is 3. The molecule has 0 N–H and O–H groups in total. The van der Waals surface area contributed by atoms with Crippen molar-refractivity contribution in [2.75, 3.05) is 0 Å². The number of fused-ring (bicyclic) bond motifs is 1. The van der Waals surface area contributed by atoms with Crippen molar-refractivity contribution >= 4 is 38.6 Å². The minimum Gasteiger partial charge on any atom is -0.451 e. The third kappa shape index (κ3) is 4.57. The molecule has 0 aliphatic heterocycles. The maximum absolute atomic E-state index is 13.1. The smallest absolute Gasteiger partial charge is 0.339 e. The number of hydrogen-bond donors (Lipinski definition) is 0. The van der Waals surface area contributed by atoms with Crippen molar-refractivity contribution in [3.05, 3.63) is 100 Å². The van der Waals surface area contributed by atoms with Gasteiger partial charge in [-0.15, -0.1) is 0 Å². The van der Waals surface area contributed by atoms with Crippen LogP contribution in [0.2, 0.25) is 0 Å². The molecule has 0 fully saturated rings. The van der Waals surface area contributed by atoms with E-state index in [0.717, 1.165) is 15.6 Å². The lowest BCUT2D eigenvalue weighted by Crippen LogP contribution is -2.24. The van der Waals surface area contributed by atoms with E-state index in [0.29, 0.717) is 27.7 Å². The second kappa shape index (κ2) is 8.82. The zero-order valence-corrected chi connectivity index (χ0v) is 18.7. The van der Waals surface area contributed by atoms with Crippen molar-refractivity contribution in [2.24, 2.45) is 0 Å². The fourth-order valence-corrected chi connectivity index (χ4v) is 3.71. The number of aromatic nitrogens is 1. The predicted octanol–water partition coefficient (Wildman–Crippen LogP) is 6.40. The Morgan fingerprint density at radius 2 is 1.65 bits per heavy atom. The molecule has 0 saturated heterocycles. The van der Waals surface area contributed by atoms with Crippen LogP contribution in [0, 0.1) is 6.92 Å². The van der Waals surface area contributed by atoms with Gasteiger partial charge in [-0.3, -0.25) is 4.79 Å². The molecule has 1 aromatic heterocycles. The monoisotopic (exact) mass is 473 g/mol. The number of ketones is 1. The first kappa shape index (κ1) is 20.9. The lowest BCUT2D eigenvalue weighted by molar-refractivity contribution is 0.0320. The Morgan fingerprint density at radius 3 is 2.35 bits per heavy atom. The number of carbonyl (C=O) groups is 2. The maximum Gasteiger partial charge on any atom is 0.339 e. The van der Waals surface area contributed by atoms with E-state index < -0.39 is 12.1 Å². The number of ether oxygens (including phenoxy) is 1. The molecule has 0 amide bonds. The summed E-state index contributed by atoms with van der Waals surface area (Å²) in [5.41, 5.74) is 4.18. The molecular weight excluding hydrogens is 454 g/mol. The predicted molar refractivity (Wildman–Crippen MR) is 125 cm³/mol. The van der Waals surface area contributed by atoms with Gasteiger partial charge < -0.3 is 4.74 Å². The molecule has 4 rings (SSSR count). The molecule has 4 aromatic rings. The molecule has 1 heterocycles. The fraction of sp³-hybridized carbons (Fsp3) is 0.115. The van der Waals surface area contributed by atoms with Crippen LogP contribution < -0.4 is 0 Å². The van der Waals surface area contributed by atoms with Crippen LogP contribution in [0.25, 0.3) is 22.2 Å². The van der Waals surface area contributed by atoms with Crippen molar-refractivity contribution in [3.8, 4) is 11.3 Å². The zero-order chi connectivity index (χ0) is 22.0. The average Bonchev–Trinajstić information content (AvgIpc) is 2.79. The summed E-state index contributed by atoms with van der Waals surface area (Å²) >= 11 is 3.46. The number of pyridine rings is 1. The molecule has 154 valence electrons. The van der Waals surface area contributed by atoms with Gasteiger partial charge in [0.2, 0.25) is 5.78 Å². The number of aryl methyl sites for hydroxylation is 1. The standard InChI is InChI=1S/C26H20BrNO3/c1-16-8-10-19(11-9-16)25(29)17(2)31-26(30)22-15-24(18-6-4-3-5-7-18)28-23-13-12-20(27)14-21(22)23/h3-15,17H,1-2H3/t17-/m1/s1. The molecular formula is C26H20BrNO3. The van der Waals surface area contributed by atoms with E-state index >= 15 is 0 Å². The highest BCUT2D eigenvalue weighted by atomic mass is 79.9. The molecule has 1 atom stereocenters. The Bertz CT molecular complexity index is 1270. The molecule has 31 heavy (non-hydrogen) atoms. The van der Waals surface area contributed by atoms with E-state index in [1.165, 1.54) is 0 Å². The number of Topliss-reactive ketones (excluding diaryl/α,β-unsaturated/α-hetero) is 1. The van der Waals surface area contributed by atoms with Crippen LogP contribution in [-0.4, -0.2) is 22.8 Å².